The maximum Gasteiger partial charge on any atom is 0.243 e. The molecule has 0 N–H and O–H groups in total. The molecule has 1 aromatic rings. The summed E-state index contributed by atoms with van der Waals surface area (Å²) in [5, 5.41) is 4.03. The Labute approximate surface area is 103 Å². The third kappa shape index (κ3) is 2.86. The average molecular weight is 237 g/mol. The number of nitrogens with zero attached hydrogens (tertiary/aromatic N) is 3. The van der Waals surface area contributed by atoms with Crippen LogP contribution >= 0.6 is 0 Å². The number of hydrogen-bond acceptors (Lipinski definition) is 4. The van der Waals surface area contributed by atoms with Crippen molar-refractivity contribution in [3.63, 3.8) is 0 Å². The molecular weight excluding hydrogens is 214 g/mol. The molecule has 0 saturated carbocycles. The van der Waals surface area contributed by atoms with Crippen molar-refractivity contribution in [2.75, 3.05) is 13.1 Å². The van der Waals surface area contributed by atoms with Crippen molar-refractivity contribution in [2.24, 2.45) is 5.92 Å². The fraction of sp³-hybridized carbons (Fsp3) is 0.846. The normalized spacial score (nSPS) is 21.0. The van der Waals surface area contributed by atoms with E-state index >= 15 is 0 Å². The predicted molar refractivity (Wildman–Crippen MR) is 66.8 cm³/mol. The van der Waals surface area contributed by atoms with Gasteiger partial charge < -0.3 is 4.52 Å². The highest BCUT2D eigenvalue weighted by atomic mass is 16.5. The molecule has 2 rings (SSSR count). The molecule has 0 bridgehead atoms. The Kier molecular flexibility index (Phi) is 3.82. The molecule has 1 fully saturated rings. The highest BCUT2D eigenvalue weighted by Crippen LogP contribution is 2.26. The van der Waals surface area contributed by atoms with Crippen molar-refractivity contribution >= 4 is 0 Å². The van der Waals surface area contributed by atoms with Crippen molar-refractivity contribution in [1.29, 1.82) is 0 Å². The van der Waals surface area contributed by atoms with Gasteiger partial charge in [0.1, 0.15) is 0 Å². The van der Waals surface area contributed by atoms with E-state index in [4.69, 9.17) is 4.52 Å². The Hall–Kier alpha value is -0.900. The van der Waals surface area contributed by atoms with Crippen molar-refractivity contribution in [2.45, 2.75) is 52.5 Å². The first-order valence-corrected chi connectivity index (χ1v) is 6.65. The second-order valence-corrected chi connectivity index (χ2v) is 5.54. The smallest absolute Gasteiger partial charge is 0.243 e. The molecule has 1 saturated heterocycles. The summed E-state index contributed by atoms with van der Waals surface area (Å²) < 4.78 is 5.37. The number of piperidine rings is 1. The molecule has 1 aliphatic heterocycles. The van der Waals surface area contributed by atoms with Gasteiger partial charge in [-0.25, -0.2) is 0 Å². The number of rotatable bonds is 3. The molecule has 0 amide bonds. The molecule has 4 heteroatoms. The summed E-state index contributed by atoms with van der Waals surface area (Å²) in [5.74, 6) is 2.77. The first kappa shape index (κ1) is 12.6. The van der Waals surface area contributed by atoms with Crippen molar-refractivity contribution < 1.29 is 4.52 Å². The summed E-state index contributed by atoms with van der Waals surface area (Å²) >= 11 is 0. The van der Waals surface area contributed by atoms with E-state index in [1.807, 2.05) is 0 Å². The van der Waals surface area contributed by atoms with Crippen LogP contribution in [-0.4, -0.2) is 28.1 Å². The van der Waals surface area contributed by atoms with E-state index in [0.717, 1.165) is 30.7 Å². The molecule has 0 unspecified atom stereocenters. The molecular formula is C13H23N3O. The lowest BCUT2D eigenvalue weighted by Gasteiger charge is -2.33. The lowest BCUT2D eigenvalue weighted by atomic mass is 9.98. The Morgan fingerprint density at radius 1 is 1.24 bits per heavy atom. The van der Waals surface area contributed by atoms with Crippen LogP contribution < -0.4 is 0 Å². The molecule has 0 spiro atoms. The van der Waals surface area contributed by atoms with Crippen LogP contribution in [0.1, 0.15) is 64.2 Å². The van der Waals surface area contributed by atoms with Crippen LogP contribution in [0.4, 0.5) is 0 Å². The van der Waals surface area contributed by atoms with Crippen LogP contribution in [0.15, 0.2) is 4.52 Å². The Bertz CT molecular complexity index is 353. The molecule has 2 heterocycles. The molecule has 17 heavy (non-hydrogen) atoms. The summed E-state index contributed by atoms with van der Waals surface area (Å²) in [5.41, 5.74) is 0. The molecule has 0 radical (unpaired) electrons. The summed E-state index contributed by atoms with van der Waals surface area (Å²) in [7, 11) is 0. The minimum atomic E-state index is 0.252. The third-order valence-corrected chi connectivity index (χ3v) is 3.70. The fourth-order valence-electron chi connectivity index (χ4n) is 2.22. The maximum atomic E-state index is 5.37. The quantitative estimate of drug-likeness (QED) is 0.810. The summed E-state index contributed by atoms with van der Waals surface area (Å²) in [4.78, 5) is 6.93. The standard InChI is InChI=1S/C13H23N3O/c1-9(2)12-14-13(17-15-12)11(4)16-7-5-10(3)6-8-16/h9-11H,5-8H2,1-4H3/t11-/m1/s1. The van der Waals surface area contributed by atoms with E-state index in [0.29, 0.717) is 5.92 Å². The monoisotopic (exact) mass is 237 g/mol. The van der Waals surface area contributed by atoms with Crippen LogP contribution in [0.5, 0.6) is 0 Å². The third-order valence-electron chi connectivity index (χ3n) is 3.70. The Morgan fingerprint density at radius 3 is 2.41 bits per heavy atom. The van der Waals surface area contributed by atoms with Crippen molar-refractivity contribution in [1.82, 2.24) is 15.0 Å². The van der Waals surface area contributed by atoms with E-state index in [1.165, 1.54) is 12.8 Å². The summed E-state index contributed by atoms with van der Waals surface area (Å²) in [6.45, 7) is 10.9. The summed E-state index contributed by atoms with van der Waals surface area (Å²) in [6, 6.07) is 0.252. The molecule has 4 nitrogen and oxygen atoms in total. The first-order chi connectivity index (χ1) is 8.08. The fourth-order valence-corrected chi connectivity index (χ4v) is 2.22. The molecule has 96 valence electrons. The second-order valence-electron chi connectivity index (χ2n) is 5.54. The number of likely N-dealkylation sites (tertiary alicyclic amines) is 1. The van der Waals surface area contributed by atoms with E-state index < -0.39 is 0 Å². The largest absolute Gasteiger partial charge is 0.338 e. The van der Waals surface area contributed by atoms with Gasteiger partial charge in [-0.2, -0.15) is 4.98 Å². The minimum Gasteiger partial charge on any atom is -0.338 e. The van der Waals surface area contributed by atoms with Gasteiger partial charge in [-0.1, -0.05) is 25.9 Å². The number of hydrogen-bond donors (Lipinski definition) is 0. The van der Waals surface area contributed by atoms with Gasteiger partial charge in [-0.3, -0.25) is 4.90 Å². The van der Waals surface area contributed by atoms with Crippen LogP contribution in [0, 0.1) is 5.92 Å². The molecule has 0 aliphatic carbocycles. The Morgan fingerprint density at radius 2 is 1.88 bits per heavy atom. The van der Waals surface area contributed by atoms with E-state index in [2.05, 4.69) is 42.7 Å². The van der Waals surface area contributed by atoms with Gasteiger partial charge in [0, 0.05) is 5.92 Å². The van der Waals surface area contributed by atoms with Gasteiger partial charge in [0.05, 0.1) is 6.04 Å². The summed E-state index contributed by atoms with van der Waals surface area (Å²) in [6.07, 6.45) is 2.55. The van der Waals surface area contributed by atoms with Gasteiger partial charge in [0.15, 0.2) is 5.82 Å². The van der Waals surface area contributed by atoms with Gasteiger partial charge in [0.25, 0.3) is 0 Å². The van der Waals surface area contributed by atoms with Gasteiger partial charge in [-0.05, 0) is 38.8 Å². The molecule has 1 aromatic heterocycles. The SMILES string of the molecule is CC1CCN([C@H](C)c2nc(C(C)C)no2)CC1. The van der Waals surface area contributed by atoms with Crippen LogP contribution in [0.2, 0.25) is 0 Å². The minimum absolute atomic E-state index is 0.252. The predicted octanol–water partition coefficient (Wildman–Crippen LogP) is 2.99. The van der Waals surface area contributed by atoms with E-state index in [-0.39, 0.29) is 6.04 Å². The van der Waals surface area contributed by atoms with E-state index in [1.54, 1.807) is 0 Å². The lowest BCUT2D eigenvalue weighted by molar-refractivity contribution is 0.124. The Balaban J connectivity index is 2.01. The topological polar surface area (TPSA) is 42.2 Å². The van der Waals surface area contributed by atoms with E-state index in [9.17, 15) is 0 Å². The van der Waals surface area contributed by atoms with Gasteiger partial charge in [-0.15, -0.1) is 0 Å². The van der Waals surface area contributed by atoms with Crippen LogP contribution in [0.25, 0.3) is 0 Å². The maximum absolute atomic E-state index is 5.37. The zero-order valence-electron chi connectivity index (χ0n) is 11.3. The highest BCUT2D eigenvalue weighted by Gasteiger charge is 2.25. The molecule has 1 aliphatic rings. The molecule has 1 atom stereocenters. The van der Waals surface area contributed by atoms with Crippen molar-refractivity contribution in [3.8, 4) is 0 Å². The average Bonchev–Trinajstić information content (AvgIpc) is 2.78. The molecule has 0 aromatic carbocycles. The zero-order valence-corrected chi connectivity index (χ0v) is 11.3. The second kappa shape index (κ2) is 5.17. The highest BCUT2D eigenvalue weighted by molar-refractivity contribution is 4.96. The van der Waals surface area contributed by atoms with Gasteiger partial charge in [0.2, 0.25) is 5.89 Å². The lowest BCUT2D eigenvalue weighted by Crippen LogP contribution is -2.35. The zero-order chi connectivity index (χ0) is 12.4. The first-order valence-electron chi connectivity index (χ1n) is 6.65. The number of aromatic nitrogens is 2. The van der Waals surface area contributed by atoms with Crippen LogP contribution in [0.3, 0.4) is 0 Å². The van der Waals surface area contributed by atoms with Crippen molar-refractivity contribution in [3.05, 3.63) is 11.7 Å². The van der Waals surface area contributed by atoms with Gasteiger partial charge >= 0.3 is 0 Å². The van der Waals surface area contributed by atoms with Crippen LogP contribution in [-0.2, 0) is 0 Å².